The van der Waals surface area contributed by atoms with Gasteiger partial charge in [0.05, 0.1) is 23.5 Å². The lowest BCUT2D eigenvalue weighted by Gasteiger charge is -2.05. The summed E-state index contributed by atoms with van der Waals surface area (Å²) in [4.78, 5) is 0. The third-order valence-corrected chi connectivity index (χ3v) is 2.24. The fraction of sp³-hybridized carbons (Fsp3) is 0.100. The van der Waals surface area contributed by atoms with Crippen LogP contribution in [0.25, 0.3) is 0 Å². The normalized spacial score (nSPS) is 10.5. The van der Waals surface area contributed by atoms with Gasteiger partial charge >= 0.3 is 0 Å². The summed E-state index contributed by atoms with van der Waals surface area (Å²) in [5, 5.41) is 4.49. The van der Waals surface area contributed by atoms with E-state index >= 15 is 0 Å². The van der Waals surface area contributed by atoms with Crippen LogP contribution < -0.4 is 5.73 Å². The van der Waals surface area contributed by atoms with Crippen molar-refractivity contribution in [3.05, 3.63) is 47.0 Å². The molecule has 1 aromatic heterocycles. The van der Waals surface area contributed by atoms with E-state index in [1.807, 2.05) is 0 Å². The molecule has 0 saturated heterocycles. The Hall–Kier alpha value is -1.55. The lowest BCUT2D eigenvalue weighted by Crippen LogP contribution is -2.04. The van der Waals surface area contributed by atoms with E-state index in [2.05, 4.69) is 5.10 Å². The Morgan fingerprint density at radius 2 is 2.27 bits per heavy atom. The summed E-state index contributed by atoms with van der Waals surface area (Å²) in [5.74, 6) is -0.399. The minimum absolute atomic E-state index is 0.144. The molecule has 0 saturated carbocycles. The maximum absolute atomic E-state index is 13.5. The van der Waals surface area contributed by atoms with Crippen molar-refractivity contribution in [2.24, 2.45) is 0 Å². The van der Waals surface area contributed by atoms with Gasteiger partial charge in [-0.05, 0) is 6.07 Å². The maximum atomic E-state index is 13.5. The van der Waals surface area contributed by atoms with E-state index in [-0.39, 0.29) is 5.69 Å². The Labute approximate surface area is 91.3 Å². The van der Waals surface area contributed by atoms with Crippen molar-refractivity contribution in [3.63, 3.8) is 0 Å². The number of halogens is 2. The number of nitrogens with two attached hydrogens (primary N) is 1. The Bertz CT molecular complexity index is 481. The van der Waals surface area contributed by atoms with Crippen molar-refractivity contribution < 1.29 is 4.39 Å². The molecule has 0 atom stereocenters. The minimum Gasteiger partial charge on any atom is -0.396 e. The highest BCUT2D eigenvalue weighted by molar-refractivity contribution is 6.30. The molecule has 5 heteroatoms. The van der Waals surface area contributed by atoms with Crippen LogP contribution in [0, 0.1) is 5.82 Å². The number of nitrogen functional groups attached to an aromatic ring is 1. The first-order valence-corrected chi connectivity index (χ1v) is 4.75. The van der Waals surface area contributed by atoms with Gasteiger partial charge in [0, 0.05) is 11.8 Å². The molecule has 2 aromatic rings. The van der Waals surface area contributed by atoms with Crippen LogP contribution in [0.4, 0.5) is 10.1 Å². The molecule has 1 aromatic carbocycles. The SMILES string of the molecule is Nc1cccc(Cn2cc(Cl)cn2)c1F. The van der Waals surface area contributed by atoms with Gasteiger partial charge in [-0.2, -0.15) is 5.10 Å². The van der Waals surface area contributed by atoms with Gasteiger partial charge in [0.2, 0.25) is 0 Å². The van der Waals surface area contributed by atoms with Crippen LogP contribution in [0.1, 0.15) is 5.56 Å². The molecule has 15 heavy (non-hydrogen) atoms. The molecule has 0 aliphatic rings. The van der Waals surface area contributed by atoms with Gasteiger partial charge in [-0.15, -0.1) is 0 Å². The third kappa shape index (κ3) is 2.10. The summed E-state index contributed by atoms with van der Waals surface area (Å²) in [5.41, 5.74) is 6.09. The second kappa shape index (κ2) is 3.90. The highest BCUT2D eigenvalue weighted by Crippen LogP contribution is 2.16. The standard InChI is InChI=1S/C10H9ClFN3/c11-8-4-14-15(6-8)5-7-2-1-3-9(13)10(7)12/h1-4,6H,5,13H2. The van der Waals surface area contributed by atoms with Gasteiger partial charge in [0.25, 0.3) is 0 Å². The maximum Gasteiger partial charge on any atom is 0.151 e. The third-order valence-electron chi connectivity index (χ3n) is 2.04. The van der Waals surface area contributed by atoms with E-state index < -0.39 is 5.82 Å². The summed E-state index contributed by atoms with van der Waals surface area (Å²) in [6.45, 7) is 0.323. The molecule has 0 bridgehead atoms. The quantitative estimate of drug-likeness (QED) is 0.797. The average molecular weight is 226 g/mol. The van der Waals surface area contributed by atoms with E-state index in [0.717, 1.165) is 0 Å². The van der Waals surface area contributed by atoms with Gasteiger partial charge in [-0.25, -0.2) is 4.39 Å². The predicted octanol–water partition coefficient (Wildman–Crippen LogP) is 2.31. The number of aromatic nitrogens is 2. The van der Waals surface area contributed by atoms with Crippen molar-refractivity contribution in [3.8, 4) is 0 Å². The van der Waals surface area contributed by atoms with Crippen molar-refractivity contribution in [2.75, 3.05) is 5.73 Å². The summed E-state index contributed by atoms with van der Waals surface area (Å²) < 4.78 is 15.1. The van der Waals surface area contributed by atoms with Crippen molar-refractivity contribution in [2.45, 2.75) is 6.54 Å². The van der Waals surface area contributed by atoms with Gasteiger partial charge in [-0.1, -0.05) is 23.7 Å². The van der Waals surface area contributed by atoms with Crippen LogP contribution in [-0.4, -0.2) is 9.78 Å². The highest BCUT2D eigenvalue weighted by atomic mass is 35.5. The van der Waals surface area contributed by atoms with Crippen LogP contribution in [-0.2, 0) is 6.54 Å². The zero-order valence-corrected chi connectivity index (χ0v) is 8.58. The molecule has 0 amide bonds. The Balaban J connectivity index is 2.28. The monoisotopic (exact) mass is 225 g/mol. The van der Waals surface area contributed by atoms with Crippen LogP contribution in [0.2, 0.25) is 5.02 Å². The average Bonchev–Trinajstić information content (AvgIpc) is 2.59. The van der Waals surface area contributed by atoms with Crippen LogP contribution in [0.5, 0.6) is 0 Å². The smallest absolute Gasteiger partial charge is 0.151 e. The summed E-state index contributed by atoms with van der Waals surface area (Å²) in [6.07, 6.45) is 3.13. The number of benzene rings is 1. The number of nitrogens with zero attached hydrogens (tertiary/aromatic N) is 2. The molecule has 2 rings (SSSR count). The summed E-state index contributed by atoms with van der Waals surface area (Å²) >= 11 is 5.70. The first kappa shape index (κ1) is 9.98. The van der Waals surface area contributed by atoms with Crippen LogP contribution in [0.3, 0.4) is 0 Å². The number of hydrogen-bond acceptors (Lipinski definition) is 2. The number of hydrogen-bond donors (Lipinski definition) is 1. The lowest BCUT2D eigenvalue weighted by atomic mass is 10.2. The summed E-state index contributed by atoms with van der Waals surface area (Å²) in [7, 11) is 0. The molecule has 0 radical (unpaired) electrons. The van der Waals surface area contributed by atoms with Crippen molar-refractivity contribution in [1.29, 1.82) is 0 Å². The zero-order chi connectivity index (χ0) is 10.8. The molecule has 3 nitrogen and oxygen atoms in total. The van der Waals surface area contributed by atoms with E-state index in [1.165, 1.54) is 12.3 Å². The predicted molar refractivity (Wildman–Crippen MR) is 57.2 cm³/mol. The highest BCUT2D eigenvalue weighted by Gasteiger charge is 2.06. The first-order chi connectivity index (χ1) is 7.16. The summed E-state index contributed by atoms with van der Waals surface area (Å²) in [6, 6.07) is 4.90. The van der Waals surface area contributed by atoms with Gasteiger partial charge in [-0.3, -0.25) is 4.68 Å². The zero-order valence-electron chi connectivity index (χ0n) is 7.82. The molecule has 0 unspecified atom stereocenters. The van der Waals surface area contributed by atoms with Gasteiger partial charge in [0.1, 0.15) is 0 Å². The fourth-order valence-electron chi connectivity index (χ4n) is 1.32. The second-order valence-corrected chi connectivity index (χ2v) is 3.61. The molecule has 0 aliphatic carbocycles. The van der Waals surface area contributed by atoms with E-state index in [1.54, 1.807) is 23.0 Å². The fourth-order valence-corrected chi connectivity index (χ4v) is 1.48. The van der Waals surface area contributed by atoms with Gasteiger partial charge < -0.3 is 5.73 Å². The Kier molecular flexibility index (Phi) is 2.60. The molecule has 0 fully saturated rings. The molecule has 0 aliphatic heterocycles. The van der Waals surface area contributed by atoms with Crippen molar-refractivity contribution >= 4 is 17.3 Å². The lowest BCUT2D eigenvalue weighted by molar-refractivity contribution is 0.589. The molecular formula is C10H9ClFN3. The van der Waals surface area contributed by atoms with E-state index in [0.29, 0.717) is 17.1 Å². The van der Waals surface area contributed by atoms with Crippen LogP contribution in [0.15, 0.2) is 30.6 Å². The number of rotatable bonds is 2. The molecule has 1 heterocycles. The minimum atomic E-state index is -0.399. The largest absolute Gasteiger partial charge is 0.396 e. The van der Waals surface area contributed by atoms with Crippen LogP contribution >= 0.6 is 11.6 Å². The molecule has 0 spiro atoms. The molecule has 2 N–H and O–H groups in total. The topological polar surface area (TPSA) is 43.8 Å². The first-order valence-electron chi connectivity index (χ1n) is 4.37. The Morgan fingerprint density at radius 3 is 2.93 bits per heavy atom. The molecular weight excluding hydrogens is 217 g/mol. The van der Waals surface area contributed by atoms with Gasteiger partial charge in [0.15, 0.2) is 5.82 Å². The molecule has 78 valence electrons. The van der Waals surface area contributed by atoms with E-state index in [4.69, 9.17) is 17.3 Å². The number of anilines is 1. The second-order valence-electron chi connectivity index (χ2n) is 3.18. The van der Waals surface area contributed by atoms with E-state index in [9.17, 15) is 4.39 Å². The van der Waals surface area contributed by atoms with Crippen molar-refractivity contribution in [1.82, 2.24) is 9.78 Å². The Morgan fingerprint density at radius 1 is 1.47 bits per heavy atom.